The molecule has 0 saturated heterocycles. The Morgan fingerprint density at radius 2 is 1.72 bits per heavy atom. The topological polar surface area (TPSA) is 120 Å². The van der Waals surface area contributed by atoms with Gasteiger partial charge in [-0.1, -0.05) is 53.2 Å². The highest BCUT2D eigenvalue weighted by molar-refractivity contribution is 9.10. The van der Waals surface area contributed by atoms with Crippen LogP contribution >= 0.6 is 15.9 Å². The van der Waals surface area contributed by atoms with E-state index in [1.165, 1.54) is 0 Å². The average molecular weight is 603 g/mol. The first-order valence-electron chi connectivity index (χ1n) is 13.6. The van der Waals surface area contributed by atoms with Crippen LogP contribution in [-0.2, 0) is 27.4 Å². The lowest BCUT2D eigenvalue weighted by Gasteiger charge is -2.30. The highest BCUT2D eigenvalue weighted by Gasteiger charge is 2.31. The predicted octanol–water partition coefficient (Wildman–Crippen LogP) is 5.26. The summed E-state index contributed by atoms with van der Waals surface area (Å²) in [6, 6.07) is 13.6. The van der Waals surface area contributed by atoms with Crippen LogP contribution in [-0.4, -0.2) is 36.1 Å². The van der Waals surface area contributed by atoms with E-state index in [0.717, 1.165) is 47.7 Å². The van der Waals surface area contributed by atoms with E-state index in [4.69, 9.17) is 15.2 Å². The molecule has 1 saturated carbocycles. The van der Waals surface area contributed by atoms with Gasteiger partial charge in [-0.3, -0.25) is 9.59 Å². The summed E-state index contributed by atoms with van der Waals surface area (Å²) >= 11 is 3.42. The highest BCUT2D eigenvalue weighted by Crippen LogP contribution is 2.28. The number of halogens is 1. The molecule has 1 fully saturated rings. The number of benzene rings is 2. The molecular formula is C30H40BrN3O5. The quantitative estimate of drug-likeness (QED) is 0.239. The minimum atomic E-state index is -0.811. The largest absolute Gasteiger partial charge is 0.514 e. The molecule has 4 N–H and O–H groups in total. The Labute approximate surface area is 239 Å². The molecule has 9 heteroatoms. The zero-order chi connectivity index (χ0) is 28.4. The summed E-state index contributed by atoms with van der Waals surface area (Å²) in [5, 5.41) is 6.07. The van der Waals surface area contributed by atoms with Crippen LogP contribution in [0.15, 0.2) is 53.0 Å². The second-order valence-electron chi connectivity index (χ2n) is 10.8. The molecule has 212 valence electrons. The Bertz CT molecular complexity index is 1110. The summed E-state index contributed by atoms with van der Waals surface area (Å²) in [7, 11) is 0. The molecule has 0 aromatic heterocycles. The number of nitrogens with two attached hydrogens (primary N) is 1. The molecule has 0 bridgehead atoms. The Balaban J connectivity index is 1.61. The van der Waals surface area contributed by atoms with Gasteiger partial charge in [0.1, 0.15) is 18.4 Å². The van der Waals surface area contributed by atoms with Crippen molar-refractivity contribution in [1.29, 1.82) is 0 Å². The van der Waals surface area contributed by atoms with Crippen LogP contribution in [0.5, 0.6) is 5.75 Å². The van der Waals surface area contributed by atoms with Crippen LogP contribution in [0, 0.1) is 11.8 Å². The molecule has 1 atom stereocenters. The van der Waals surface area contributed by atoms with E-state index in [9.17, 15) is 14.4 Å². The van der Waals surface area contributed by atoms with E-state index >= 15 is 0 Å². The van der Waals surface area contributed by atoms with Crippen LogP contribution in [0.2, 0.25) is 0 Å². The minimum Gasteiger partial charge on any atom is -0.429 e. The first-order valence-corrected chi connectivity index (χ1v) is 14.4. The number of carbonyl (C=O) groups excluding carboxylic acids is 3. The van der Waals surface area contributed by atoms with Gasteiger partial charge in [0.05, 0.1) is 0 Å². The van der Waals surface area contributed by atoms with E-state index in [1.54, 1.807) is 24.3 Å². The van der Waals surface area contributed by atoms with Crippen LogP contribution < -0.4 is 21.1 Å². The van der Waals surface area contributed by atoms with E-state index in [-0.39, 0.29) is 24.3 Å². The normalized spacial score (nSPS) is 18.1. The van der Waals surface area contributed by atoms with Gasteiger partial charge in [0.15, 0.2) is 0 Å². The molecule has 2 aromatic rings. The maximum absolute atomic E-state index is 13.2. The first-order chi connectivity index (χ1) is 18.6. The van der Waals surface area contributed by atoms with Crippen LogP contribution in [0.25, 0.3) is 0 Å². The highest BCUT2D eigenvalue weighted by atomic mass is 79.9. The molecule has 0 spiro atoms. The number of hydrogen-bond donors (Lipinski definition) is 3. The van der Waals surface area contributed by atoms with Gasteiger partial charge in [-0.25, -0.2) is 4.79 Å². The van der Waals surface area contributed by atoms with Crippen molar-refractivity contribution >= 4 is 33.9 Å². The molecular weight excluding hydrogens is 562 g/mol. The fraction of sp³-hybridized carbons (Fsp3) is 0.500. The molecule has 0 heterocycles. The van der Waals surface area contributed by atoms with Gasteiger partial charge in [0.2, 0.25) is 11.8 Å². The summed E-state index contributed by atoms with van der Waals surface area (Å²) in [6.45, 7) is 6.65. The third-order valence-electron chi connectivity index (χ3n) is 7.40. The summed E-state index contributed by atoms with van der Waals surface area (Å²) in [5.74, 6) is 0.372. The number of hydrogen-bond acceptors (Lipinski definition) is 6. The first kappa shape index (κ1) is 30.6. The van der Waals surface area contributed by atoms with Crippen LogP contribution in [0.1, 0.15) is 64.0 Å². The maximum atomic E-state index is 13.2. The smallest absolute Gasteiger partial charge is 0.429 e. The Kier molecular flexibility index (Phi) is 11.4. The fourth-order valence-corrected chi connectivity index (χ4v) is 4.87. The summed E-state index contributed by atoms with van der Waals surface area (Å²) in [5.41, 5.74) is 7.05. The predicted molar refractivity (Wildman–Crippen MR) is 154 cm³/mol. The van der Waals surface area contributed by atoms with Crippen molar-refractivity contribution in [2.75, 3.05) is 6.54 Å². The zero-order valence-electron chi connectivity index (χ0n) is 23.0. The van der Waals surface area contributed by atoms with Crippen LogP contribution in [0.4, 0.5) is 4.79 Å². The van der Waals surface area contributed by atoms with Crippen molar-refractivity contribution in [2.24, 2.45) is 17.6 Å². The van der Waals surface area contributed by atoms with E-state index in [1.807, 2.05) is 45.0 Å². The molecule has 2 aromatic carbocycles. The molecule has 1 aliphatic rings. The van der Waals surface area contributed by atoms with E-state index in [2.05, 4.69) is 26.6 Å². The third-order valence-corrected chi connectivity index (χ3v) is 8.17. The van der Waals surface area contributed by atoms with Gasteiger partial charge in [0.25, 0.3) is 0 Å². The maximum Gasteiger partial charge on any atom is 0.514 e. The lowest BCUT2D eigenvalue weighted by Crippen LogP contribution is -2.54. The summed E-state index contributed by atoms with van der Waals surface area (Å²) in [4.78, 5) is 38.5. The molecule has 0 aliphatic heterocycles. The second-order valence-corrected chi connectivity index (χ2v) is 11.7. The van der Waals surface area contributed by atoms with Gasteiger partial charge >= 0.3 is 6.16 Å². The van der Waals surface area contributed by atoms with Crippen molar-refractivity contribution in [3.63, 3.8) is 0 Å². The number of carbonyl (C=O) groups is 3. The number of nitrogens with one attached hydrogen (secondary N) is 2. The molecule has 2 amide bonds. The van der Waals surface area contributed by atoms with Gasteiger partial charge < -0.3 is 25.8 Å². The van der Waals surface area contributed by atoms with Gasteiger partial charge in [-0.2, -0.15) is 0 Å². The van der Waals surface area contributed by atoms with E-state index in [0.29, 0.717) is 24.6 Å². The minimum absolute atomic E-state index is 0.0802. The van der Waals surface area contributed by atoms with E-state index < -0.39 is 17.7 Å². The SMILES string of the molecule is CCC(C)(C)NC(=O)[C@H](Cc1ccc(OC(=O)OCc2ccccc2Br)cc1)NC(=O)C1CCC(CN)CC1. The second kappa shape index (κ2) is 14.5. The lowest BCUT2D eigenvalue weighted by atomic mass is 9.81. The molecule has 0 radical (unpaired) electrons. The monoisotopic (exact) mass is 601 g/mol. The molecule has 3 rings (SSSR count). The summed E-state index contributed by atoms with van der Waals surface area (Å²) in [6.07, 6.45) is 3.68. The molecule has 1 aliphatic carbocycles. The lowest BCUT2D eigenvalue weighted by molar-refractivity contribution is -0.132. The summed E-state index contributed by atoms with van der Waals surface area (Å²) < 4.78 is 11.3. The van der Waals surface area contributed by atoms with Crippen molar-refractivity contribution in [3.05, 3.63) is 64.1 Å². The Morgan fingerprint density at radius 1 is 1.05 bits per heavy atom. The van der Waals surface area contributed by atoms with Crippen molar-refractivity contribution < 1.29 is 23.9 Å². The molecule has 39 heavy (non-hydrogen) atoms. The number of ether oxygens (including phenoxy) is 2. The van der Waals surface area contributed by atoms with Crippen LogP contribution in [0.3, 0.4) is 0 Å². The Hall–Kier alpha value is -2.91. The van der Waals surface area contributed by atoms with Crippen molar-refractivity contribution in [2.45, 2.75) is 77.5 Å². The standard InChI is InChI=1S/C30H40BrN3O5/c1-4-30(2,3)34-28(36)26(33-27(35)22-13-9-21(18-32)10-14-22)17-20-11-15-24(16-12-20)39-29(37)38-19-23-7-5-6-8-25(23)31/h5-8,11-12,15-16,21-22,26H,4,9-10,13-14,17-19,32H2,1-3H3,(H,33,35)(H,34,36)/t21?,22?,26-/m0/s1. The number of rotatable bonds is 11. The van der Waals surface area contributed by atoms with Crippen molar-refractivity contribution in [1.82, 2.24) is 10.6 Å². The fourth-order valence-electron chi connectivity index (χ4n) is 4.48. The van der Waals surface area contributed by atoms with Crippen molar-refractivity contribution in [3.8, 4) is 5.75 Å². The third kappa shape index (κ3) is 9.65. The molecule has 8 nitrogen and oxygen atoms in total. The van der Waals surface area contributed by atoms with Gasteiger partial charge in [0, 0.05) is 27.9 Å². The molecule has 0 unspecified atom stereocenters. The zero-order valence-corrected chi connectivity index (χ0v) is 24.6. The van der Waals surface area contributed by atoms with Gasteiger partial charge in [-0.15, -0.1) is 0 Å². The average Bonchev–Trinajstić information content (AvgIpc) is 2.93. The number of amides is 2. The van der Waals surface area contributed by atoms with Gasteiger partial charge in [-0.05, 0) is 82.2 Å². The Morgan fingerprint density at radius 3 is 2.33 bits per heavy atom.